The van der Waals surface area contributed by atoms with Gasteiger partial charge in [-0.2, -0.15) is 4.73 Å². The van der Waals surface area contributed by atoms with E-state index in [4.69, 9.17) is 9.47 Å². The first-order valence-electron chi connectivity index (χ1n) is 6.46. The van der Waals surface area contributed by atoms with Gasteiger partial charge in [0, 0.05) is 36.0 Å². The highest BCUT2D eigenvalue weighted by molar-refractivity contribution is 7.99. The van der Waals surface area contributed by atoms with Gasteiger partial charge in [0.15, 0.2) is 6.20 Å². The molecule has 7 heteroatoms. The SMILES string of the molecule is COc1cc(NC(=O)CSc2cccc[n+]2[O-])cc(OC)c1. The van der Waals surface area contributed by atoms with E-state index in [0.717, 1.165) is 4.73 Å². The Kier molecular flexibility index (Phi) is 5.48. The number of nitrogens with zero attached hydrogens (tertiary/aromatic N) is 1. The molecule has 116 valence electrons. The highest BCUT2D eigenvalue weighted by Gasteiger charge is 2.10. The van der Waals surface area contributed by atoms with Crippen molar-refractivity contribution >= 4 is 23.4 Å². The van der Waals surface area contributed by atoms with Gasteiger partial charge < -0.3 is 20.0 Å². The molecule has 22 heavy (non-hydrogen) atoms. The quantitative estimate of drug-likeness (QED) is 0.501. The van der Waals surface area contributed by atoms with Crippen molar-refractivity contribution in [3.05, 3.63) is 47.8 Å². The average molecular weight is 320 g/mol. The molecule has 0 fully saturated rings. The van der Waals surface area contributed by atoms with E-state index in [0.29, 0.717) is 22.2 Å². The van der Waals surface area contributed by atoms with Crippen LogP contribution in [0.15, 0.2) is 47.6 Å². The third-order valence-electron chi connectivity index (χ3n) is 2.77. The van der Waals surface area contributed by atoms with E-state index in [1.165, 1.54) is 18.0 Å². The number of anilines is 1. The van der Waals surface area contributed by atoms with Gasteiger partial charge in [0.2, 0.25) is 5.91 Å². The molecule has 0 aliphatic heterocycles. The molecular formula is C15H16N2O4S. The van der Waals surface area contributed by atoms with Gasteiger partial charge in [-0.15, -0.1) is 0 Å². The standard InChI is InChI=1S/C15H16N2O4S/c1-20-12-7-11(8-13(9-12)21-2)16-14(18)10-22-15-5-3-4-6-17(15)19/h3-9H,10H2,1-2H3,(H,16,18). The molecule has 0 aliphatic carbocycles. The summed E-state index contributed by atoms with van der Waals surface area (Å²) in [6.07, 6.45) is 1.40. The van der Waals surface area contributed by atoms with Crippen LogP contribution >= 0.6 is 11.8 Å². The van der Waals surface area contributed by atoms with Crippen molar-refractivity contribution in [2.24, 2.45) is 0 Å². The van der Waals surface area contributed by atoms with Crippen LogP contribution in [0.25, 0.3) is 0 Å². The molecule has 0 bridgehead atoms. The summed E-state index contributed by atoms with van der Waals surface area (Å²) in [5.41, 5.74) is 0.574. The van der Waals surface area contributed by atoms with Crippen LogP contribution in [0.2, 0.25) is 0 Å². The Morgan fingerprint density at radius 1 is 1.23 bits per heavy atom. The summed E-state index contributed by atoms with van der Waals surface area (Å²) in [7, 11) is 3.08. The second-order valence-electron chi connectivity index (χ2n) is 4.30. The number of benzene rings is 1. The summed E-state index contributed by atoms with van der Waals surface area (Å²) >= 11 is 1.17. The number of methoxy groups -OCH3 is 2. The number of rotatable bonds is 6. The highest BCUT2D eigenvalue weighted by Crippen LogP contribution is 2.26. The maximum absolute atomic E-state index is 12.0. The normalized spacial score (nSPS) is 10.1. The Hall–Kier alpha value is -2.41. The topological polar surface area (TPSA) is 74.5 Å². The molecule has 0 unspecified atom stereocenters. The predicted octanol–water partition coefficient (Wildman–Crippen LogP) is 2.07. The third kappa shape index (κ3) is 4.29. The van der Waals surface area contributed by atoms with Gasteiger partial charge in [-0.25, -0.2) is 0 Å². The van der Waals surface area contributed by atoms with Crippen molar-refractivity contribution in [1.82, 2.24) is 0 Å². The first-order chi connectivity index (χ1) is 10.6. The van der Waals surface area contributed by atoms with Crippen LogP contribution in [0.1, 0.15) is 0 Å². The zero-order valence-electron chi connectivity index (χ0n) is 12.2. The number of nitrogens with one attached hydrogen (secondary N) is 1. The Morgan fingerprint density at radius 3 is 2.50 bits per heavy atom. The number of pyridine rings is 1. The van der Waals surface area contributed by atoms with E-state index >= 15 is 0 Å². The molecule has 0 spiro atoms. The number of hydrogen-bond acceptors (Lipinski definition) is 5. The first-order valence-corrected chi connectivity index (χ1v) is 7.45. The Bertz CT molecular complexity index is 641. The second-order valence-corrected chi connectivity index (χ2v) is 5.30. The number of amides is 1. The highest BCUT2D eigenvalue weighted by atomic mass is 32.2. The van der Waals surface area contributed by atoms with E-state index in [-0.39, 0.29) is 11.7 Å². The predicted molar refractivity (Wildman–Crippen MR) is 84.3 cm³/mol. The van der Waals surface area contributed by atoms with Crippen LogP contribution in [0, 0.1) is 5.21 Å². The summed E-state index contributed by atoms with van der Waals surface area (Å²) in [5.74, 6) is 1.08. The van der Waals surface area contributed by atoms with Crippen molar-refractivity contribution in [2.75, 3.05) is 25.3 Å². The minimum Gasteiger partial charge on any atom is -0.618 e. The lowest BCUT2D eigenvalue weighted by Crippen LogP contribution is -2.28. The number of carbonyl (C=O) groups is 1. The molecule has 1 N–H and O–H groups in total. The van der Waals surface area contributed by atoms with Gasteiger partial charge in [-0.1, -0.05) is 0 Å². The smallest absolute Gasteiger partial charge is 0.251 e. The van der Waals surface area contributed by atoms with Crippen LogP contribution in [-0.2, 0) is 4.79 Å². The molecule has 1 aromatic carbocycles. The Labute approximate surface area is 132 Å². The first kappa shape index (κ1) is 16.0. The third-order valence-corrected chi connectivity index (χ3v) is 3.79. The molecule has 0 saturated carbocycles. The molecule has 1 heterocycles. The number of carbonyl (C=O) groups excluding carboxylic acids is 1. The fourth-order valence-electron chi connectivity index (χ4n) is 1.74. The molecule has 1 aromatic heterocycles. The molecule has 1 amide bonds. The van der Waals surface area contributed by atoms with Gasteiger partial charge in [-0.05, 0) is 17.8 Å². The second kappa shape index (κ2) is 7.56. The largest absolute Gasteiger partial charge is 0.618 e. The Balaban J connectivity index is 1.98. The molecule has 0 saturated heterocycles. The molecule has 0 atom stereocenters. The number of hydrogen-bond donors (Lipinski definition) is 1. The average Bonchev–Trinajstić information content (AvgIpc) is 2.53. The summed E-state index contributed by atoms with van der Waals surface area (Å²) in [4.78, 5) is 12.0. The van der Waals surface area contributed by atoms with Gasteiger partial charge in [-0.3, -0.25) is 4.79 Å². The molecule has 2 rings (SSSR count). The minimum atomic E-state index is -0.218. The maximum atomic E-state index is 12.0. The van der Waals surface area contributed by atoms with E-state index < -0.39 is 0 Å². The maximum Gasteiger partial charge on any atom is 0.251 e. The number of thioether (sulfide) groups is 1. The van der Waals surface area contributed by atoms with Gasteiger partial charge in [0.25, 0.3) is 5.03 Å². The lowest BCUT2D eigenvalue weighted by Gasteiger charge is -2.09. The lowest BCUT2D eigenvalue weighted by atomic mass is 10.2. The van der Waals surface area contributed by atoms with Gasteiger partial charge >= 0.3 is 0 Å². The minimum absolute atomic E-state index is 0.131. The fourth-order valence-corrected chi connectivity index (χ4v) is 2.45. The van der Waals surface area contributed by atoms with E-state index in [9.17, 15) is 10.0 Å². The van der Waals surface area contributed by atoms with E-state index in [2.05, 4.69) is 5.32 Å². The number of ether oxygens (including phenoxy) is 2. The van der Waals surface area contributed by atoms with E-state index in [1.54, 1.807) is 50.6 Å². The molecule has 0 aliphatic rings. The Morgan fingerprint density at radius 2 is 1.91 bits per heavy atom. The molecule has 0 radical (unpaired) electrons. The van der Waals surface area contributed by atoms with Crippen LogP contribution in [-0.4, -0.2) is 25.9 Å². The van der Waals surface area contributed by atoms with Crippen molar-refractivity contribution in [1.29, 1.82) is 0 Å². The molecule has 6 nitrogen and oxygen atoms in total. The lowest BCUT2D eigenvalue weighted by molar-refractivity contribution is -0.645. The van der Waals surface area contributed by atoms with Crippen LogP contribution in [0.3, 0.4) is 0 Å². The summed E-state index contributed by atoms with van der Waals surface area (Å²) < 4.78 is 11.0. The van der Waals surface area contributed by atoms with Gasteiger partial charge in [0.1, 0.15) is 11.5 Å². The zero-order valence-corrected chi connectivity index (χ0v) is 13.1. The zero-order chi connectivity index (χ0) is 15.9. The van der Waals surface area contributed by atoms with Crippen molar-refractivity contribution < 1.29 is 19.0 Å². The van der Waals surface area contributed by atoms with E-state index in [1.807, 2.05) is 0 Å². The number of aromatic nitrogens is 1. The van der Waals surface area contributed by atoms with Crippen LogP contribution < -0.4 is 19.5 Å². The molecular weight excluding hydrogens is 304 g/mol. The van der Waals surface area contributed by atoms with Gasteiger partial charge in [0.05, 0.1) is 20.0 Å². The summed E-state index contributed by atoms with van der Waals surface area (Å²) in [5, 5.41) is 14.7. The van der Waals surface area contributed by atoms with Crippen LogP contribution in [0.4, 0.5) is 5.69 Å². The van der Waals surface area contributed by atoms with Crippen LogP contribution in [0.5, 0.6) is 11.5 Å². The van der Waals surface area contributed by atoms with Crippen molar-refractivity contribution in [3.8, 4) is 11.5 Å². The monoisotopic (exact) mass is 320 g/mol. The fraction of sp³-hybridized carbons (Fsp3) is 0.200. The summed E-state index contributed by atoms with van der Waals surface area (Å²) in [6, 6.07) is 10.2. The van der Waals surface area contributed by atoms with Crippen molar-refractivity contribution in [2.45, 2.75) is 5.03 Å². The van der Waals surface area contributed by atoms with Crippen molar-refractivity contribution in [3.63, 3.8) is 0 Å². The molecule has 2 aromatic rings. The summed E-state index contributed by atoms with van der Waals surface area (Å²) in [6.45, 7) is 0.